The second kappa shape index (κ2) is 8.06. The maximum atomic E-state index is 11.2. The van der Waals surface area contributed by atoms with Crippen molar-refractivity contribution >= 4 is 40.5 Å². The molecule has 122 valence electrons. The number of methoxy groups -OCH3 is 1. The number of carboxylic acid groups (broad SMARTS) is 1. The van der Waals surface area contributed by atoms with Gasteiger partial charge in [0.05, 0.1) is 27.9 Å². The molecule has 2 aromatic rings. The number of aromatic carboxylic acids is 1. The smallest absolute Gasteiger partial charge is 0.337 e. The molecule has 0 bridgehead atoms. The summed E-state index contributed by atoms with van der Waals surface area (Å²) in [7, 11) is 1.57. The van der Waals surface area contributed by atoms with Gasteiger partial charge in [-0.15, -0.1) is 0 Å². The number of ether oxygens (including phenoxy) is 2. The van der Waals surface area contributed by atoms with Gasteiger partial charge in [0, 0.05) is 12.8 Å². The normalized spacial score (nSPS) is 10.4. The van der Waals surface area contributed by atoms with Crippen molar-refractivity contribution in [2.75, 3.05) is 25.6 Å². The summed E-state index contributed by atoms with van der Waals surface area (Å²) in [5.41, 5.74) is 1.16. The van der Waals surface area contributed by atoms with E-state index in [1.54, 1.807) is 37.4 Å². The van der Waals surface area contributed by atoms with Crippen molar-refractivity contribution in [1.29, 1.82) is 0 Å². The van der Waals surface area contributed by atoms with E-state index in [-0.39, 0.29) is 5.56 Å². The molecule has 2 aromatic carbocycles. The lowest BCUT2D eigenvalue weighted by Gasteiger charge is -2.14. The Balaban J connectivity index is 2.24. The first kappa shape index (κ1) is 17.4. The molecule has 5 nitrogen and oxygen atoms in total. The second-order valence-corrected chi connectivity index (χ2v) is 5.40. The van der Waals surface area contributed by atoms with Crippen molar-refractivity contribution in [3.63, 3.8) is 0 Å². The molecule has 0 unspecified atom stereocenters. The highest BCUT2D eigenvalue weighted by Gasteiger charge is 2.13. The van der Waals surface area contributed by atoms with E-state index >= 15 is 0 Å². The van der Waals surface area contributed by atoms with Gasteiger partial charge in [0.2, 0.25) is 0 Å². The van der Waals surface area contributed by atoms with E-state index in [0.29, 0.717) is 40.4 Å². The van der Waals surface area contributed by atoms with Gasteiger partial charge in [-0.25, -0.2) is 4.79 Å². The van der Waals surface area contributed by atoms with E-state index in [1.165, 1.54) is 6.07 Å². The summed E-state index contributed by atoms with van der Waals surface area (Å²) in [6.45, 7) is 0.739. The fraction of sp³-hybridized carbons (Fsp3) is 0.188. The Kier molecular flexibility index (Phi) is 6.10. The lowest BCUT2D eigenvalue weighted by Crippen LogP contribution is -2.05. The Morgan fingerprint density at radius 3 is 2.43 bits per heavy atom. The van der Waals surface area contributed by atoms with Crippen LogP contribution in [-0.2, 0) is 4.74 Å². The van der Waals surface area contributed by atoms with Gasteiger partial charge in [-0.2, -0.15) is 0 Å². The van der Waals surface area contributed by atoms with Crippen LogP contribution in [0.2, 0.25) is 10.0 Å². The van der Waals surface area contributed by atoms with Gasteiger partial charge in [0.25, 0.3) is 0 Å². The molecule has 2 N–H and O–H groups in total. The van der Waals surface area contributed by atoms with Gasteiger partial charge in [-0.05, 0) is 24.3 Å². The summed E-state index contributed by atoms with van der Waals surface area (Å²) in [5.74, 6) is -0.660. The lowest BCUT2D eigenvalue weighted by molar-refractivity contribution is 0.0698. The molecule has 23 heavy (non-hydrogen) atoms. The van der Waals surface area contributed by atoms with Gasteiger partial charge >= 0.3 is 5.97 Å². The Labute approximate surface area is 143 Å². The molecule has 0 aromatic heterocycles. The molecule has 0 saturated heterocycles. The number of hydrogen-bond acceptors (Lipinski definition) is 4. The first-order valence-corrected chi connectivity index (χ1v) is 7.48. The highest BCUT2D eigenvalue weighted by atomic mass is 35.5. The molecule has 0 atom stereocenters. The Hall–Kier alpha value is -1.95. The quantitative estimate of drug-likeness (QED) is 0.717. The largest absolute Gasteiger partial charge is 0.488 e. The molecule has 0 saturated carbocycles. The van der Waals surface area contributed by atoms with Crippen LogP contribution in [0.3, 0.4) is 0 Å². The van der Waals surface area contributed by atoms with E-state index in [9.17, 15) is 9.90 Å². The second-order valence-electron chi connectivity index (χ2n) is 4.59. The van der Waals surface area contributed by atoms with Crippen LogP contribution in [-0.4, -0.2) is 31.4 Å². The van der Waals surface area contributed by atoms with Crippen molar-refractivity contribution in [1.82, 2.24) is 0 Å². The molecule has 0 aliphatic rings. The number of halogens is 2. The summed E-state index contributed by atoms with van der Waals surface area (Å²) >= 11 is 12.4. The number of anilines is 2. The molecule has 7 heteroatoms. The topological polar surface area (TPSA) is 67.8 Å². The maximum Gasteiger partial charge on any atom is 0.337 e. The van der Waals surface area contributed by atoms with Crippen LogP contribution in [0.15, 0.2) is 36.4 Å². The number of carboxylic acids is 1. The monoisotopic (exact) mass is 355 g/mol. The minimum atomic E-state index is -1.02. The van der Waals surface area contributed by atoms with Crippen molar-refractivity contribution in [2.45, 2.75) is 0 Å². The van der Waals surface area contributed by atoms with Crippen LogP contribution in [0.4, 0.5) is 11.4 Å². The van der Waals surface area contributed by atoms with E-state index in [0.717, 1.165) is 0 Å². The average Bonchev–Trinajstić information content (AvgIpc) is 2.50. The van der Waals surface area contributed by atoms with Crippen LogP contribution in [0.5, 0.6) is 5.75 Å². The minimum Gasteiger partial charge on any atom is -0.488 e. The highest BCUT2D eigenvalue weighted by Crippen LogP contribution is 2.37. The first-order valence-electron chi connectivity index (χ1n) is 6.73. The SMILES string of the molecule is COCCOc1c(Cl)cc(Nc2ccccc2C(=O)O)cc1Cl. The first-order chi connectivity index (χ1) is 11.0. The molecular formula is C16H15Cl2NO4. The third-order valence-corrected chi connectivity index (χ3v) is 3.53. The van der Waals surface area contributed by atoms with Crippen molar-refractivity contribution in [3.05, 3.63) is 52.0 Å². The number of nitrogens with one attached hydrogen (secondary N) is 1. The molecule has 0 radical (unpaired) electrons. The standard InChI is InChI=1S/C16H15Cl2NO4/c1-22-6-7-23-15-12(17)8-10(9-13(15)18)19-14-5-3-2-4-11(14)16(20)21/h2-5,8-9,19H,6-7H2,1H3,(H,20,21). The molecular weight excluding hydrogens is 341 g/mol. The third-order valence-electron chi connectivity index (χ3n) is 2.97. The number of rotatable bonds is 7. The van der Waals surface area contributed by atoms with Crippen LogP contribution in [0.25, 0.3) is 0 Å². The summed E-state index contributed by atoms with van der Waals surface area (Å²) < 4.78 is 10.4. The summed E-state index contributed by atoms with van der Waals surface area (Å²) in [4.78, 5) is 11.2. The molecule has 0 amide bonds. The number of benzene rings is 2. The van der Waals surface area contributed by atoms with Gasteiger partial charge < -0.3 is 19.9 Å². The highest BCUT2D eigenvalue weighted by molar-refractivity contribution is 6.37. The van der Waals surface area contributed by atoms with Crippen LogP contribution in [0.1, 0.15) is 10.4 Å². The number of para-hydroxylation sites is 1. The van der Waals surface area contributed by atoms with Crippen molar-refractivity contribution < 1.29 is 19.4 Å². The Bertz CT molecular complexity index is 683. The molecule has 0 heterocycles. The number of carbonyl (C=O) groups is 1. The summed E-state index contributed by atoms with van der Waals surface area (Å²) in [5, 5.41) is 12.8. The Morgan fingerprint density at radius 1 is 1.17 bits per heavy atom. The number of hydrogen-bond donors (Lipinski definition) is 2. The average molecular weight is 356 g/mol. The van der Waals surface area contributed by atoms with Crippen LogP contribution >= 0.6 is 23.2 Å². The van der Waals surface area contributed by atoms with Crippen molar-refractivity contribution in [2.24, 2.45) is 0 Å². The van der Waals surface area contributed by atoms with Crippen LogP contribution < -0.4 is 10.1 Å². The molecule has 0 aliphatic carbocycles. The summed E-state index contributed by atoms with van der Waals surface area (Å²) in [6, 6.07) is 9.80. The van der Waals surface area contributed by atoms with Gasteiger partial charge in [-0.3, -0.25) is 0 Å². The van der Waals surface area contributed by atoms with Crippen LogP contribution in [0, 0.1) is 0 Å². The zero-order chi connectivity index (χ0) is 16.8. The predicted molar refractivity (Wildman–Crippen MR) is 90.5 cm³/mol. The Morgan fingerprint density at radius 2 is 1.83 bits per heavy atom. The maximum absolute atomic E-state index is 11.2. The minimum absolute atomic E-state index is 0.153. The fourth-order valence-corrected chi connectivity index (χ4v) is 2.53. The third kappa shape index (κ3) is 4.51. The van der Waals surface area contributed by atoms with Gasteiger partial charge in [0.15, 0.2) is 5.75 Å². The molecule has 0 spiro atoms. The predicted octanol–water partition coefficient (Wildman–Crippen LogP) is 4.46. The lowest BCUT2D eigenvalue weighted by atomic mass is 10.1. The molecule has 2 rings (SSSR count). The zero-order valence-corrected chi connectivity index (χ0v) is 13.8. The van der Waals surface area contributed by atoms with E-state index in [2.05, 4.69) is 5.32 Å². The van der Waals surface area contributed by atoms with Crippen molar-refractivity contribution in [3.8, 4) is 5.75 Å². The van der Waals surface area contributed by atoms with E-state index in [4.69, 9.17) is 32.7 Å². The summed E-state index contributed by atoms with van der Waals surface area (Å²) in [6.07, 6.45) is 0. The molecule has 0 fully saturated rings. The van der Waals surface area contributed by atoms with E-state index in [1.807, 2.05) is 0 Å². The van der Waals surface area contributed by atoms with Gasteiger partial charge in [0.1, 0.15) is 6.61 Å². The van der Waals surface area contributed by atoms with E-state index < -0.39 is 5.97 Å². The fourth-order valence-electron chi connectivity index (χ4n) is 1.93. The van der Waals surface area contributed by atoms with Gasteiger partial charge in [-0.1, -0.05) is 35.3 Å². The molecule has 0 aliphatic heterocycles. The zero-order valence-electron chi connectivity index (χ0n) is 12.3.